The van der Waals surface area contributed by atoms with Gasteiger partial charge in [-0.1, -0.05) is 6.07 Å². The Morgan fingerprint density at radius 2 is 1.83 bits per heavy atom. The Bertz CT molecular complexity index is 457. The number of esters is 1. The van der Waals surface area contributed by atoms with E-state index in [0.29, 0.717) is 0 Å². The van der Waals surface area contributed by atoms with E-state index in [1.54, 1.807) is 6.07 Å². The van der Waals surface area contributed by atoms with Gasteiger partial charge in [0.05, 0.1) is 6.61 Å². The number of carbonyl (C=O) groups is 1. The molecule has 0 fully saturated rings. The van der Waals surface area contributed by atoms with E-state index in [9.17, 15) is 18.0 Å². The lowest BCUT2D eigenvalue weighted by Crippen LogP contribution is -2.40. The molecule has 1 aromatic heterocycles. The summed E-state index contributed by atoms with van der Waals surface area (Å²) < 4.78 is 44.1. The van der Waals surface area contributed by atoms with Gasteiger partial charge in [0.15, 0.2) is 17.3 Å². The number of halogens is 3. The van der Waals surface area contributed by atoms with E-state index in [2.05, 4.69) is 17.4 Å². The monoisotopic (exact) mass is 278 g/mol. The molecule has 0 aliphatic heterocycles. The van der Waals surface area contributed by atoms with E-state index in [4.69, 9.17) is 0 Å². The molecule has 1 aromatic rings. The Labute approximate surface area is 107 Å². The zero-order valence-corrected chi connectivity index (χ0v) is 10.3. The summed E-state index contributed by atoms with van der Waals surface area (Å²) >= 11 is 3.62. The van der Waals surface area contributed by atoms with Gasteiger partial charge in [0.2, 0.25) is 0 Å². The fourth-order valence-electron chi connectivity index (χ4n) is 1.25. The minimum absolute atomic E-state index is 0.0204. The Balaban J connectivity index is 3.31. The third kappa shape index (κ3) is 3.49. The molecule has 0 aliphatic carbocycles. The molecule has 0 spiro atoms. The molecule has 0 saturated carbocycles. The molecule has 3 nitrogen and oxygen atoms in total. The first kappa shape index (κ1) is 14.6. The molecule has 0 amide bonds. The zero-order chi connectivity index (χ0) is 13.8. The maximum Gasteiger partial charge on any atom is 0.479 e. The number of allylic oxidation sites excluding steroid dienone is 1. The van der Waals surface area contributed by atoms with Crippen LogP contribution in [0.25, 0.3) is 5.70 Å². The van der Waals surface area contributed by atoms with Crippen molar-refractivity contribution in [2.45, 2.75) is 13.1 Å². The van der Waals surface area contributed by atoms with E-state index in [1.165, 1.54) is 31.5 Å². The number of rotatable bonds is 3. The molecule has 0 radical (unpaired) electrons. The summed E-state index contributed by atoms with van der Waals surface area (Å²) in [6, 6.07) is 4.39. The van der Waals surface area contributed by atoms with Gasteiger partial charge in [0.25, 0.3) is 0 Å². The zero-order valence-electron chi connectivity index (χ0n) is 9.44. The number of thiol groups is 1. The van der Waals surface area contributed by atoms with Gasteiger partial charge in [-0.05, 0) is 6.92 Å². The normalized spacial score (nSPS) is 12.9. The van der Waals surface area contributed by atoms with E-state index < -0.39 is 22.7 Å². The van der Waals surface area contributed by atoms with Crippen molar-refractivity contribution in [1.82, 2.24) is 0 Å². The summed E-state index contributed by atoms with van der Waals surface area (Å²) in [4.78, 5) is 10.6. The van der Waals surface area contributed by atoms with Crippen LogP contribution in [-0.4, -0.2) is 18.8 Å². The fraction of sp³-hybridized carbons (Fsp3) is 0.273. The van der Waals surface area contributed by atoms with Crippen molar-refractivity contribution in [2.75, 3.05) is 6.61 Å². The van der Waals surface area contributed by atoms with Gasteiger partial charge in [-0.25, -0.2) is 4.79 Å². The quantitative estimate of drug-likeness (QED) is 0.397. The number of ether oxygens (including phenoxy) is 1. The van der Waals surface area contributed by atoms with Gasteiger partial charge < -0.3 is 4.74 Å². The topological polar surface area (TPSA) is 30.2 Å². The lowest BCUT2D eigenvalue weighted by Gasteiger charge is -2.08. The van der Waals surface area contributed by atoms with E-state index in [0.717, 1.165) is 4.57 Å². The summed E-state index contributed by atoms with van der Waals surface area (Å²) in [5.41, 5.74) is -1.18. The second-order valence-electron chi connectivity index (χ2n) is 3.20. The molecular formula is C11H11F3NO2S+. The van der Waals surface area contributed by atoms with Crippen molar-refractivity contribution < 1.29 is 27.3 Å². The van der Waals surface area contributed by atoms with Crippen molar-refractivity contribution in [3.8, 4) is 0 Å². The minimum atomic E-state index is -4.71. The molecule has 98 valence electrons. The highest BCUT2D eigenvalue weighted by atomic mass is 32.1. The van der Waals surface area contributed by atoms with Crippen LogP contribution in [-0.2, 0) is 9.53 Å². The van der Waals surface area contributed by atoms with Gasteiger partial charge in [-0.2, -0.15) is 17.7 Å². The molecule has 18 heavy (non-hydrogen) atoms. The third-order valence-electron chi connectivity index (χ3n) is 1.94. The summed E-state index contributed by atoms with van der Waals surface area (Å²) in [6.45, 7) is 1.48. The fourth-order valence-corrected chi connectivity index (χ4v) is 1.55. The van der Waals surface area contributed by atoms with Crippen LogP contribution in [0.3, 0.4) is 0 Å². The SMILES string of the molecule is CCOC(=O)C(S)=C([n+]1ccccc1)C(F)(F)F. The van der Waals surface area contributed by atoms with Gasteiger partial charge in [-0.15, -0.1) is 12.6 Å². The molecule has 0 aliphatic rings. The average Bonchev–Trinajstić information content (AvgIpc) is 2.29. The van der Waals surface area contributed by atoms with Crippen molar-refractivity contribution in [2.24, 2.45) is 0 Å². The number of hydrogen-bond acceptors (Lipinski definition) is 3. The maximum atomic E-state index is 12.9. The molecule has 1 rings (SSSR count). The van der Waals surface area contributed by atoms with Gasteiger partial charge in [-0.3, -0.25) is 0 Å². The standard InChI is InChI=1S/C11H10F3NO2S/c1-2-17-10(16)8(18)9(11(12,13)14)15-6-4-3-5-7-15/h3-7H,2H2,1H3/p+1. The van der Waals surface area contributed by atoms with Crippen molar-refractivity contribution in [3.63, 3.8) is 0 Å². The van der Waals surface area contributed by atoms with Gasteiger partial charge in [0.1, 0.15) is 0 Å². The first-order chi connectivity index (χ1) is 8.38. The molecule has 7 heteroatoms. The highest BCUT2D eigenvalue weighted by molar-refractivity contribution is 7.85. The molecule has 0 atom stereocenters. The van der Waals surface area contributed by atoms with Crippen molar-refractivity contribution in [3.05, 3.63) is 35.5 Å². The van der Waals surface area contributed by atoms with Crippen LogP contribution in [0, 0.1) is 0 Å². The molecule has 0 saturated heterocycles. The van der Waals surface area contributed by atoms with Crippen LogP contribution >= 0.6 is 12.6 Å². The number of hydrogen-bond donors (Lipinski definition) is 1. The Morgan fingerprint density at radius 1 is 1.28 bits per heavy atom. The molecule has 0 aromatic carbocycles. The van der Waals surface area contributed by atoms with Crippen LogP contribution in [0.15, 0.2) is 35.5 Å². The maximum absolute atomic E-state index is 12.9. The minimum Gasteiger partial charge on any atom is -0.462 e. The lowest BCUT2D eigenvalue weighted by molar-refractivity contribution is -0.596. The molecule has 0 N–H and O–H groups in total. The molecule has 1 heterocycles. The second kappa shape index (κ2) is 5.90. The van der Waals surface area contributed by atoms with E-state index in [-0.39, 0.29) is 6.61 Å². The summed E-state index contributed by atoms with van der Waals surface area (Å²) in [5, 5.41) is 0. The Morgan fingerprint density at radius 3 is 2.28 bits per heavy atom. The molecule has 0 bridgehead atoms. The van der Waals surface area contributed by atoms with Crippen LogP contribution in [0.4, 0.5) is 13.2 Å². The Kier molecular flexibility index (Phi) is 4.77. The second-order valence-corrected chi connectivity index (χ2v) is 3.65. The van der Waals surface area contributed by atoms with Gasteiger partial charge in [0, 0.05) is 12.1 Å². The van der Waals surface area contributed by atoms with Crippen LogP contribution < -0.4 is 4.57 Å². The number of alkyl halides is 3. The predicted octanol–water partition coefficient (Wildman–Crippen LogP) is 2.20. The average molecular weight is 278 g/mol. The van der Waals surface area contributed by atoms with Crippen molar-refractivity contribution in [1.29, 1.82) is 0 Å². The lowest BCUT2D eigenvalue weighted by atomic mass is 10.3. The Hall–Kier alpha value is -1.50. The summed E-state index contributed by atoms with van der Waals surface area (Å²) in [6.07, 6.45) is -2.35. The number of nitrogens with zero attached hydrogens (tertiary/aromatic N) is 1. The smallest absolute Gasteiger partial charge is 0.462 e. The van der Waals surface area contributed by atoms with Crippen LogP contribution in [0.1, 0.15) is 6.92 Å². The van der Waals surface area contributed by atoms with Crippen molar-refractivity contribution >= 4 is 24.3 Å². The first-order valence-corrected chi connectivity index (χ1v) is 5.47. The summed E-state index contributed by atoms with van der Waals surface area (Å²) in [5.74, 6) is -1.11. The number of aromatic nitrogens is 1. The largest absolute Gasteiger partial charge is 0.479 e. The molecule has 0 unspecified atom stereocenters. The third-order valence-corrected chi connectivity index (χ3v) is 2.33. The number of pyridine rings is 1. The first-order valence-electron chi connectivity index (χ1n) is 5.02. The highest BCUT2D eigenvalue weighted by Gasteiger charge is 2.46. The van der Waals surface area contributed by atoms with Crippen LogP contribution in [0.5, 0.6) is 0 Å². The van der Waals surface area contributed by atoms with E-state index >= 15 is 0 Å². The highest BCUT2D eigenvalue weighted by Crippen LogP contribution is 2.30. The van der Waals surface area contributed by atoms with E-state index in [1.807, 2.05) is 0 Å². The predicted molar refractivity (Wildman–Crippen MR) is 61.5 cm³/mol. The summed E-state index contributed by atoms with van der Waals surface area (Å²) in [7, 11) is 0. The number of carbonyl (C=O) groups excluding carboxylic acids is 1. The van der Waals surface area contributed by atoms with Gasteiger partial charge >= 0.3 is 17.8 Å². The van der Waals surface area contributed by atoms with Crippen LogP contribution in [0.2, 0.25) is 0 Å². The molecular weight excluding hydrogens is 267 g/mol.